The Bertz CT molecular complexity index is 382. The minimum absolute atomic E-state index is 0.104. The first-order valence-electron chi connectivity index (χ1n) is 6.46. The van der Waals surface area contributed by atoms with Crippen LogP contribution in [0, 0.1) is 5.82 Å². The summed E-state index contributed by atoms with van der Waals surface area (Å²) < 4.78 is 18.1. The van der Waals surface area contributed by atoms with Crippen molar-refractivity contribution in [3.8, 4) is 5.75 Å². The second-order valence-corrected chi connectivity index (χ2v) is 4.36. The van der Waals surface area contributed by atoms with Gasteiger partial charge in [-0.05, 0) is 43.7 Å². The second-order valence-electron chi connectivity index (χ2n) is 4.36. The van der Waals surface area contributed by atoms with Crippen molar-refractivity contribution in [3.63, 3.8) is 0 Å². The molecule has 19 heavy (non-hydrogen) atoms. The Morgan fingerprint density at radius 1 is 1.32 bits per heavy atom. The lowest BCUT2D eigenvalue weighted by molar-refractivity contribution is -0.130. The molecule has 0 aliphatic rings. The molecule has 4 nitrogen and oxygen atoms in total. The van der Waals surface area contributed by atoms with Gasteiger partial charge in [0, 0.05) is 20.0 Å². The number of hydrogen-bond acceptors (Lipinski definition) is 3. The molecule has 0 aliphatic heterocycles. The van der Waals surface area contributed by atoms with Crippen LogP contribution >= 0.6 is 0 Å². The van der Waals surface area contributed by atoms with Crippen molar-refractivity contribution in [3.05, 3.63) is 30.1 Å². The molecule has 5 heteroatoms. The van der Waals surface area contributed by atoms with E-state index in [1.165, 1.54) is 12.1 Å². The number of hydrogen-bond donors (Lipinski definition) is 1. The third kappa shape index (κ3) is 6.20. The van der Waals surface area contributed by atoms with Crippen molar-refractivity contribution in [1.82, 2.24) is 4.90 Å². The highest BCUT2D eigenvalue weighted by molar-refractivity contribution is 5.75. The highest BCUT2D eigenvalue weighted by atomic mass is 19.1. The molecule has 0 spiro atoms. The van der Waals surface area contributed by atoms with E-state index in [2.05, 4.69) is 0 Å². The van der Waals surface area contributed by atoms with Crippen LogP contribution in [-0.4, -0.2) is 37.6 Å². The molecule has 0 saturated heterocycles. The second kappa shape index (κ2) is 8.48. The SMILES string of the molecule is CN(CCCOc1ccc(F)cc1)C(=O)CCCN. The van der Waals surface area contributed by atoms with Crippen LogP contribution in [0.1, 0.15) is 19.3 Å². The fourth-order valence-corrected chi connectivity index (χ4v) is 1.59. The van der Waals surface area contributed by atoms with Crippen molar-refractivity contribution in [2.45, 2.75) is 19.3 Å². The average molecular weight is 268 g/mol. The van der Waals surface area contributed by atoms with Crippen molar-refractivity contribution in [1.29, 1.82) is 0 Å². The van der Waals surface area contributed by atoms with Crippen LogP contribution in [0.4, 0.5) is 4.39 Å². The van der Waals surface area contributed by atoms with Crippen molar-refractivity contribution in [2.75, 3.05) is 26.7 Å². The van der Waals surface area contributed by atoms with Crippen molar-refractivity contribution < 1.29 is 13.9 Å². The summed E-state index contributed by atoms with van der Waals surface area (Å²) >= 11 is 0. The molecule has 0 heterocycles. The van der Waals surface area contributed by atoms with Gasteiger partial charge in [0.1, 0.15) is 11.6 Å². The number of ether oxygens (including phenoxy) is 1. The number of carbonyl (C=O) groups is 1. The van der Waals surface area contributed by atoms with Gasteiger partial charge >= 0.3 is 0 Å². The van der Waals surface area contributed by atoms with Gasteiger partial charge in [0.2, 0.25) is 5.91 Å². The summed E-state index contributed by atoms with van der Waals surface area (Å²) in [5, 5.41) is 0. The van der Waals surface area contributed by atoms with Crippen molar-refractivity contribution >= 4 is 5.91 Å². The van der Waals surface area contributed by atoms with E-state index < -0.39 is 0 Å². The van der Waals surface area contributed by atoms with Gasteiger partial charge in [-0.1, -0.05) is 0 Å². The Hall–Kier alpha value is -1.62. The topological polar surface area (TPSA) is 55.6 Å². The van der Waals surface area contributed by atoms with Crippen LogP contribution < -0.4 is 10.5 Å². The lowest BCUT2D eigenvalue weighted by Gasteiger charge is -2.17. The van der Waals surface area contributed by atoms with Gasteiger partial charge in [0.25, 0.3) is 0 Å². The number of halogens is 1. The predicted molar refractivity (Wildman–Crippen MR) is 72.4 cm³/mol. The predicted octanol–water partition coefficient (Wildman–Crippen LogP) is 1.79. The molecule has 1 rings (SSSR count). The largest absolute Gasteiger partial charge is 0.494 e. The Labute approximate surface area is 113 Å². The first kappa shape index (κ1) is 15.4. The molecule has 106 valence electrons. The molecule has 0 aromatic heterocycles. The Kier molecular flexibility index (Phi) is 6.89. The smallest absolute Gasteiger partial charge is 0.222 e. The van der Waals surface area contributed by atoms with Gasteiger partial charge < -0.3 is 15.4 Å². The van der Waals surface area contributed by atoms with Crippen molar-refractivity contribution in [2.24, 2.45) is 5.73 Å². The summed E-state index contributed by atoms with van der Waals surface area (Å²) in [6, 6.07) is 5.90. The van der Waals surface area contributed by atoms with Crippen LogP contribution in [0.25, 0.3) is 0 Å². The lowest BCUT2D eigenvalue weighted by Crippen LogP contribution is -2.28. The zero-order valence-corrected chi connectivity index (χ0v) is 11.3. The third-order valence-corrected chi connectivity index (χ3v) is 2.74. The summed E-state index contributed by atoms with van der Waals surface area (Å²) in [5.41, 5.74) is 5.36. The molecule has 1 aromatic carbocycles. The normalized spacial score (nSPS) is 10.3. The highest BCUT2D eigenvalue weighted by Crippen LogP contribution is 2.11. The Morgan fingerprint density at radius 2 is 2.00 bits per heavy atom. The van der Waals surface area contributed by atoms with E-state index in [1.807, 2.05) is 0 Å². The minimum Gasteiger partial charge on any atom is -0.494 e. The van der Waals surface area contributed by atoms with E-state index in [4.69, 9.17) is 10.5 Å². The van der Waals surface area contributed by atoms with Gasteiger partial charge in [-0.3, -0.25) is 4.79 Å². The fourth-order valence-electron chi connectivity index (χ4n) is 1.59. The molecule has 0 bridgehead atoms. The summed E-state index contributed by atoms with van der Waals surface area (Å²) in [7, 11) is 1.77. The number of nitrogens with zero attached hydrogens (tertiary/aromatic N) is 1. The molecular formula is C14H21FN2O2. The summed E-state index contributed by atoms with van der Waals surface area (Å²) in [5.74, 6) is 0.461. The van der Waals surface area contributed by atoms with E-state index in [9.17, 15) is 9.18 Å². The number of carbonyl (C=O) groups excluding carboxylic acids is 1. The van der Waals surface area contributed by atoms with Gasteiger partial charge in [0.15, 0.2) is 0 Å². The Morgan fingerprint density at radius 3 is 2.63 bits per heavy atom. The number of amides is 1. The molecule has 0 radical (unpaired) electrons. The zero-order valence-electron chi connectivity index (χ0n) is 11.3. The van der Waals surface area contributed by atoms with Gasteiger partial charge in [-0.2, -0.15) is 0 Å². The summed E-state index contributed by atoms with van der Waals surface area (Å²) in [6.45, 7) is 1.68. The highest BCUT2D eigenvalue weighted by Gasteiger charge is 2.07. The van der Waals surface area contributed by atoms with E-state index >= 15 is 0 Å². The first-order chi connectivity index (χ1) is 9.13. The molecule has 0 atom stereocenters. The van der Waals surface area contributed by atoms with Crippen LogP contribution in [-0.2, 0) is 4.79 Å². The zero-order chi connectivity index (χ0) is 14.1. The van der Waals surface area contributed by atoms with Crippen LogP contribution in [0.15, 0.2) is 24.3 Å². The van der Waals surface area contributed by atoms with E-state index in [0.717, 1.165) is 12.8 Å². The minimum atomic E-state index is -0.280. The average Bonchev–Trinajstić information content (AvgIpc) is 2.42. The molecule has 0 fully saturated rings. The molecule has 1 aromatic rings. The van der Waals surface area contributed by atoms with E-state index in [0.29, 0.717) is 31.9 Å². The first-order valence-corrected chi connectivity index (χ1v) is 6.46. The maximum absolute atomic E-state index is 12.7. The molecule has 0 unspecified atom stereocenters. The van der Waals surface area contributed by atoms with Gasteiger partial charge in [-0.15, -0.1) is 0 Å². The monoisotopic (exact) mass is 268 g/mol. The quantitative estimate of drug-likeness (QED) is 0.731. The standard InChI is InChI=1S/C14H21FN2O2/c1-17(14(18)4-2-9-16)10-3-11-19-13-7-5-12(15)6-8-13/h5-8H,2-4,9-11,16H2,1H3. The molecular weight excluding hydrogens is 247 g/mol. The molecule has 0 saturated carbocycles. The summed E-state index contributed by atoms with van der Waals surface area (Å²) in [6.07, 6.45) is 1.95. The lowest BCUT2D eigenvalue weighted by atomic mass is 10.2. The summed E-state index contributed by atoms with van der Waals surface area (Å²) in [4.78, 5) is 13.3. The maximum atomic E-state index is 12.7. The van der Waals surface area contributed by atoms with Gasteiger partial charge in [-0.25, -0.2) is 4.39 Å². The van der Waals surface area contributed by atoms with E-state index in [-0.39, 0.29) is 11.7 Å². The Balaban J connectivity index is 2.16. The van der Waals surface area contributed by atoms with Crippen LogP contribution in [0.5, 0.6) is 5.75 Å². The molecule has 1 amide bonds. The maximum Gasteiger partial charge on any atom is 0.222 e. The van der Waals surface area contributed by atoms with Gasteiger partial charge in [0.05, 0.1) is 6.61 Å². The van der Waals surface area contributed by atoms with Crippen LogP contribution in [0.2, 0.25) is 0 Å². The number of nitrogens with two attached hydrogens (primary N) is 1. The number of benzene rings is 1. The van der Waals surface area contributed by atoms with E-state index in [1.54, 1.807) is 24.1 Å². The molecule has 2 N–H and O–H groups in total. The van der Waals surface area contributed by atoms with Crippen LogP contribution in [0.3, 0.4) is 0 Å². The third-order valence-electron chi connectivity index (χ3n) is 2.74. The fraction of sp³-hybridized carbons (Fsp3) is 0.500. The number of rotatable bonds is 8. The molecule has 0 aliphatic carbocycles.